The van der Waals surface area contributed by atoms with E-state index in [0.29, 0.717) is 0 Å². The molecular formula is C12H32N2Si2. The molecule has 0 rings (SSSR count). The van der Waals surface area contributed by atoms with Gasteiger partial charge in [0.1, 0.15) is 0 Å². The molecule has 0 unspecified atom stereocenters. The third kappa shape index (κ3) is 2.97. The molecular weight excluding hydrogens is 228 g/mol. The monoisotopic (exact) mass is 260 g/mol. The highest BCUT2D eigenvalue weighted by atomic mass is 29.3. The first-order valence-corrected chi connectivity index (χ1v) is 13.7. The van der Waals surface area contributed by atoms with Crippen LogP contribution in [0.3, 0.4) is 0 Å². The average Bonchev–Trinajstić information content (AvgIpc) is 2.19. The summed E-state index contributed by atoms with van der Waals surface area (Å²) in [6.07, 6.45) is 0. The topological polar surface area (TPSA) is 6.48 Å². The molecule has 0 aromatic carbocycles. The van der Waals surface area contributed by atoms with E-state index in [2.05, 4.69) is 63.0 Å². The molecule has 0 aliphatic rings. The van der Waals surface area contributed by atoms with Gasteiger partial charge in [-0.1, -0.05) is 47.3 Å². The summed E-state index contributed by atoms with van der Waals surface area (Å²) in [6, 6.07) is 0. The lowest BCUT2D eigenvalue weighted by atomic mass is 10.7. The van der Waals surface area contributed by atoms with Crippen LogP contribution in [0.15, 0.2) is 0 Å². The molecule has 0 fully saturated rings. The Morgan fingerprint density at radius 1 is 0.625 bits per heavy atom. The number of hydrogen-bond donors (Lipinski definition) is 0. The largest absolute Gasteiger partial charge is 0.314 e. The lowest BCUT2D eigenvalue weighted by Gasteiger charge is -2.52. The minimum absolute atomic E-state index is 1.13. The SMILES string of the molecule is CCN(CC)[Si](C)(N(CC)CC)[Si](C)(C)C. The van der Waals surface area contributed by atoms with E-state index >= 15 is 0 Å². The number of hydrogen-bond acceptors (Lipinski definition) is 2. The summed E-state index contributed by atoms with van der Waals surface area (Å²) >= 11 is 0. The van der Waals surface area contributed by atoms with Crippen LogP contribution in [0.5, 0.6) is 0 Å². The first kappa shape index (κ1) is 16.4. The van der Waals surface area contributed by atoms with Gasteiger partial charge in [-0.15, -0.1) is 0 Å². The zero-order valence-corrected chi connectivity index (χ0v) is 14.7. The highest BCUT2D eigenvalue weighted by Crippen LogP contribution is 2.26. The van der Waals surface area contributed by atoms with E-state index in [1.54, 1.807) is 0 Å². The van der Waals surface area contributed by atoms with E-state index in [9.17, 15) is 0 Å². The van der Waals surface area contributed by atoms with E-state index in [-0.39, 0.29) is 0 Å². The maximum Gasteiger partial charge on any atom is 0.188 e. The second-order valence-electron chi connectivity index (χ2n) is 5.62. The van der Waals surface area contributed by atoms with Crippen molar-refractivity contribution in [3.8, 4) is 0 Å². The maximum absolute atomic E-state index is 2.78. The molecule has 4 heteroatoms. The second kappa shape index (κ2) is 6.33. The molecule has 0 bridgehead atoms. The summed E-state index contributed by atoms with van der Waals surface area (Å²) in [5.74, 6) is 0. The molecule has 0 aromatic rings. The summed E-state index contributed by atoms with van der Waals surface area (Å²) in [4.78, 5) is 0. The van der Waals surface area contributed by atoms with Crippen LogP contribution < -0.4 is 0 Å². The molecule has 0 saturated carbocycles. The van der Waals surface area contributed by atoms with Crippen LogP contribution in [-0.2, 0) is 0 Å². The van der Waals surface area contributed by atoms with Crippen molar-refractivity contribution in [2.45, 2.75) is 53.9 Å². The Bertz CT molecular complexity index is 182. The molecule has 0 heterocycles. The van der Waals surface area contributed by atoms with Crippen molar-refractivity contribution in [1.82, 2.24) is 9.13 Å². The molecule has 2 nitrogen and oxygen atoms in total. The lowest BCUT2D eigenvalue weighted by Crippen LogP contribution is -2.75. The molecule has 0 aliphatic carbocycles. The Morgan fingerprint density at radius 2 is 0.875 bits per heavy atom. The number of nitrogens with zero attached hydrogens (tertiary/aromatic N) is 2. The van der Waals surface area contributed by atoms with E-state index in [1.807, 2.05) is 0 Å². The summed E-state index contributed by atoms with van der Waals surface area (Å²) in [6.45, 7) is 24.4. The second-order valence-corrected chi connectivity index (χ2v) is 20.8. The Hall–Kier alpha value is 0.354. The predicted molar refractivity (Wildman–Crippen MR) is 80.8 cm³/mol. The highest BCUT2D eigenvalue weighted by Gasteiger charge is 2.49. The van der Waals surface area contributed by atoms with Crippen molar-refractivity contribution in [2.24, 2.45) is 0 Å². The summed E-state index contributed by atoms with van der Waals surface area (Å²) in [5, 5.41) is 0. The van der Waals surface area contributed by atoms with Gasteiger partial charge in [-0.25, -0.2) is 0 Å². The summed E-state index contributed by atoms with van der Waals surface area (Å²) in [5.41, 5.74) is 0. The van der Waals surface area contributed by atoms with Crippen LogP contribution in [0.2, 0.25) is 26.2 Å². The van der Waals surface area contributed by atoms with E-state index in [4.69, 9.17) is 0 Å². The van der Waals surface area contributed by atoms with Crippen LogP contribution in [-0.4, -0.2) is 50.8 Å². The highest BCUT2D eigenvalue weighted by molar-refractivity contribution is 7.38. The fraction of sp³-hybridized carbons (Fsp3) is 1.00. The van der Waals surface area contributed by atoms with Crippen LogP contribution >= 0.6 is 0 Å². The smallest absolute Gasteiger partial charge is 0.188 e. The van der Waals surface area contributed by atoms with Crippen molar-refractivity contribution >= 4 is 15.5 Å². The Morgan fingerprint density at radius 3 is 1.00 bits per heavy atom. The Labute approximate surface area is 105 Å². The van der Waals surface area contributed by atoms with Crippen molar-refractivity contribution in [2.75, 3.05) is 26.2 Å². The minimum atomic E-state index is -1.40. The molecule has 0 radical (unpaired) electrons. The van der Waals surface area contributed by atoms with Crippen LogP contribution in [0.1, 0.15) is 27.7 Å². The van der Waals surface area contributed by atoms with Gasteiger partial charge in [0.2, 0.25) is 0 Å². The molecule has 0 aliphatic heterocycles. The van der Waals surface area contributed by atoms with Gasteiger partial charge in [0, 0.05) is 0 Å². The van der Waals surface area contributed by atoms with Crippen molar-refractivity contribution < 1.29 is 0 Å². The van der Waals surface area contributed by atoms with Crippen molar-refractivity contribution in [3.05, 3.63) is 0 Å². The van der Waals surface area contributed by atoms with Crippen LogP contribution in [0.25, 0.3) is 0 Å². The van der Waals surface area contributed by atoms with Gasteiger partial charge in [-0.2, -0.15) is 0 Å². The Balaban J connectivity index is 5.33. The lowest BCUT2D eigenvalue weighted by molar-refractivity contribution is 0.371. The normalized spacial score (nSPS) is 13.9. The van der Waals surface area contributed by atoms with Gasteiger partial charge in [0.15, 0.2) is 7.91 Å². The molecule has 0 amide bonds. The van der Waals surface area contributed by atoms with Gasteiger partial charge in [-0.05, 0) is 32.7 Å². The number of rotatable bonds is 7. The fourth-order valence-corrected chi connectivity index (χ4v) is 15.2. The molecule has 0 spiro atoms. The van der Waals surface area contributed by atoms with E-state index in [1.165, 1.54) is 26.2 Å². The molecule has 0 atom stereocenters. The van der Waals surface area contributed by atoms with Crippen molar-refractivity contribution in [3.63, 3.8) is 0 Å². The molecule has 0 saturated heterocycles. The van der Waals surface area contributed by atoms with Gasteiger partial charge in [0.05, 0.1) is 7.59 Å². The first-order valence-electron chi connectivity index (χ1n) is 6.79. The summed E-state index contributed by atoms with van der Waals surface area (Å²) < 4.78 is 5.57. The van der Waals surface area contributed by atoms with Gasteiger partial charge in [-0.3, -0.25) is 0 Å². The maximum atomic E-state index is 2.78. The standard InChI is InChI=1S/C12H32N2Si2/c1-9-13(10-2)16(8,15(5,6)7)14(11-3)12-4/h9-12H2,1-8H3. The fourth-order valence-electron chi connectivity index (χ4n) is 2.83. The van der Waals surface area contributed by atoms with E-state index < -0.39 is 15.5 Å². The third-order valence-corrected chi connectivity index (χ3v) is 21.2. The Kier molecular flexibility index (Phi) is 6.47. The molecule has 16 heavy (non-hydrogen) atoms. The quantitative estimate of drug-likeness (QED) is 0.649. The van der Waals surface area contributed by atoms with Gasteiger partial charge >= 0.3 is 0 Å². The zero-order chi connectivity index (χ0) is 13.0. The van der Waals surface area contributed by atoms with E-state index in [0.717, 1.165) is 0 Å². The predicted octanol–water partition coefficient (Wildman–Crippen LogP) is 3.16. The molecule has 0 aromatic heterocycles. The summed E-state index contributed by atoms with van der Waals surface area (Å²) in [7, 11) is -2.53. The van der Waals surface area contributed by atoms with Crippen LogP contribution in [0, 0.1) is 0 Å². The van der Waals surface area contributed by atoms with Gasteiger partial charge in [0.25, 0.3) is 0 Å². The third-order valence-electron chi connectivity index (χ3n) is 4.18. The van der Waals surface area contributed by atoms with Gasteiger partial charge < -0.3 is 9.13 Å². The van der Waals surface area contributed by atoms with Crippen molar-refractivity contribution in [1.29, 1.82) is 0 Å². The minimum Gasteiger partial charge on any atom is -0.314 e. The van der Waals surface area contributed by atoms with Crippen LogP contribution in [0.4, 0.5) is 0 Å². The first-order chi connectivity index (χ1) is 7.29. The molecule has 0 N–H and O–H groups in total. The average molecular weight is 261 g/mol. The zero-order valence-electron chi connectivity index (χ0n) is 12.7. The molecule has 98 valence electrons.